The molecule has 4 nitrogen and oxygen atoms in total. The summed E-state index contributed by atoms with van der Waals surface area (Å²) in [6.07, 6.45) is 2.15. The summed E-state index contributed by atoms with van der Waals surface area (Å²) >= 11 is 0. The van der Waals surface area contributed by atoms with E-state index in [0.717, 1.165) is 12.0 Å². The number of rotatable bonds is 3. The number of imidazole rings is 1. The summed E-state index contributed by atoms with van der Waals surface area (Å²) in [5.74, 6) is -0.388. The molecule has 0 aliphatic rings. The standard InChI is InChI=1S/C16H14FN3O/c17-13-6-7-14-15(10-13)20(11-19-14)16(21)18-9-8-12-4-2-1-3-5-12/h1-7,10-11H,8-9H2,(H,18,21). The van der Waals surface area contributed by atoms with Crippen molar-refractivity contribution in [2.75, 3.05) is 6.54 Å². The van der Waals surface area contributed by atoms with E-state index in [9.17, 15) is 9.18 Å². The van der Waals surface area contributed by atoms with Crippen LogP contribution in [0.25, 0.3) is 11.0 Å². The lowest BCUT2D eigenvalue weighted by molar-refractivity contribution is 0.243. The molecule has 3 aromatic rings. The first-order valence-electron chi connectivity index (χ1n) is 6.69. The Balaban J connectivity index is 1.68. The van der Waals surface area contributed by atoms with Crippen LogP contribution < -0.4 is 5.32 Å². The molecule has 0 saturated carbocycles. The zero-order valence-electron chi connectivity index (χ0n) is 11.3. The van der Waals surface area contributed by atoms with Crippen LogP contribution in [0.3, 0.4) is 0 Å². The van der Waals surface area contributed by atoms with Crippen molar-refractivity contribution in [3.05, 3.63) is 66.2 Å². The van der Waals surface area contributed by atoms with Crippen molar-refractivity contribution >= 4 is 17.1 Å². The van der Waals surface area contributed by atoms with Gasteiger partial charge in [-0.3, -0.25) is 4.57 Å². The normalized spacial score (nSPS) is 10.7. The van der Waals surface area contributed by atoms with Gasteiger partial charge in [0.15, 0.2) is 0 Å². The van der Waals surface area contributed by atoms with Gasteiger partial charge in [0.1, 0.15) is 12.1 Å². The molecule has 21 heavy (non-hydrogen) atoms. The summed E-state index contributed by atoms with van der Waals surface area (Å²) in [5.41, 5.74) is 2.21. The average Bonchev–Trinajstić information content (AvgIpc) is 2.91. The molecular formula is C16H14FN3O. The Morgan fingerprint density at radius 3 is 2.81 bits per heavy atom. The quantitative estimate of drug-likeness (QED) is 0.803. The lowest BCUT2D eigenvalue weighted by Gasteiger charge is -2.06. The lowest BCUT2D eigenvalue weighted by Crippen LogP contribution is -2.29. The highest BCUT2D eigenvalue weighted by atomic mass is 19.1. The third-order valence-corrected chi connectivity index (χ3v) is 3.26. The predicted octanol–water partition coefficient (Wildman–Crippen LogP) is 2.98. The monoisotopic (exact) mass is 283 g/mol. The molecule has 3 rings (SSSR count). The van der Waals surface area contributed by atoms with Crippen LogP contribution in [0.4, 0.5) is 9.18 Å². The summed E-state index contributed by atoms with van der Waals surface area (Å²) in [6.45, 7) is 0.512. The number of carbonyl (C=O) groups excluding carboxylic acids is 1. The number of fused-ring (bicyclic) bond motifs is 1. The van der Waals surface area contributed by atoms with Crippen LogP contribution in [0.5, 0.6) is 0 Å². The fraction of sp³-hybridized carbons (Fsp3) is 0.125. The molecular weight excluding hydrogens is 269 g/mol. The first kappa shape index (κ1) is 13.3. The van der Waals surface area contributed by atoms with Crippen LogP contribution in [0.2, 0.25) is 0 Å². The fourth-order valence-electron chi connectivity index (χ4n) is 2.19. The molecule has 0 aliphatic carbocycles. The molecule has 106 valence electrons. The van der Waals surface area contributed by atoms with Gasteiger partial charge in [-0.25, -0.2) is 14.2 Å². The van der Waals surface area contributed by atoms with Crippen molar-refractivity contribution < 1.29 is 9.18 Å². The van der Waals surface area contributed by atoms with Crippen LogP contribution >= 0.6 is 0 Å². The highest BCUT2D eigenvalue weighted by Crippen LogP contribution is 2.13. The number of nitrogens with zero attached hydrogens (tertiary/aromatic N) is 2. The third kappa shape index (κ3) is 2.91. The Labute approximate surface area is 121 Å². The minimum Gasteiger partial charge on any atom is -0.337 e. The van der Waals surface area contributed by atoms with E-state index in [1.165, 1.54) is 23.0 Å². The number of nitrogens with one attached hydrogen (secondary N) is 1. The molecule has 2 aromatic carbocycles. The summed E-state index contributed by atoms with van der Waals surface area (Å²) < 4.78 is 14.6. The smallest absolute Gasteiger partial charge is 0.327 e. The molecule has 0 unspecified atom stereocenters. The maximum absolute atomic E-state index is 13.3. The number of hydrogen-bond acceptors (Lipinski definition) is 2. The molecule has 0 bridgehead atoms. The molecule has 1 N–H and O–H groups in total. The summed E-state index contributed by atoms with van der Waals surface area (Å²) in [5, 5.41) is 2.81. The number of amides is 1. The number of aromatic nitrogens is 2. The summed E-state index contributed by atoms with van der Waals surface area (Å²) in [4.78, 5) is 16.2. The highest BCUT2D eigenvalue weighted by molar-refractivity contribution is 5.89. The van der Waals surface area contributed by atoms with E-state index in [1.807, 2.05) is 30.3 Å². The predicted molar refractivity (Wildman–Crippen MR) is 78.6 cm³/mol. The maximum Gasteiger partial charge on any atom is 0.327 e. The Kier molecular flexibility index (Phi) is 3.64. The average molecular weight is 283 g/mol. The van der Waals surface area contributed by atoms with Crippen LogP contribution in [-0.4, -0.2) is 22.1 Å². The number of hydrogen-bond donors (Lipinski definition) is 1. The van der Waals surface area contributed by atoms with Gasteiger partial charge in [0.25, 0.3) is 0 Å². The van der Waals surface area contributed by atoms with Crippen molar-refractivity contribution in [1.29, 1.82) is 0 Å². The molecule has 0 fully saturated rings. The molecule has 0 atom stereocenters. The van der Waals surface area contributed by atoms with E-state index in [0.29, 0.717) is 17.6 Å². The van der Waals surface area contributed by atoms with Gasteiger partial charge in [-0.1, -0.05) is 30.3 Å². The van der Waals surface area contributed by atoms with E-state index < -0.39 is 0 Å². The molecule has 5 heteroatoms. The van der Waals surface area contributed by atoms with E-state index >= 15 is 0 Å². The fourth-order valence-corrected chi connectivity index (χ4v) is 2.19. The number of halogens is 1. The van der Waals surface area contributed by atoms with Gasteiger partial charge < -0.3 is 5.32 Å². The van der Waals surface area contributed by atoms with E-state index in [2.05, 4.69) is 10.3 Å². The van der Waals surface area contributed by atoms with Crippen LogP contribution in [0.1, 0.15) is 5.56 Å². The minimum absolute atomic E-state index is 0.306. The zero-order valence-corrected chi connectivity index (χ0v) is 11.3. The van der Waals surface area contributed by atoms with Crippen molar-refractivity contribution in [1.82, 2.24) is 14.9 Å². The zero-order chi connectivity index (χ0) is 14.7. The van der Waals surface area contributed by atoms with Crippen LogP contribution in [0, 0.1) is 5.82 Å². The van der Waals surface area contributed by atoms with Crippen LogP contribution in [0.15, 0.2) is 54.9 Å². The molecule has 0 saturated heterocycles. The van der Waals surface area contributed by atoms with Gasteiger partial charge >= 0.3 is 6.03 Å². The third-order valence-electron chi connectivity index (χ3n) is 3.26. The van der Waals surface area contributed by atoms with Gasteiger partial charge in [-0.05, 0) is 24.1 Å². The SMILES string of the molecule is O=C(NCCc1ccccc1)n1cnc2ccc(F)cc21. The Hall–Kier alpha value is -2.69. The van der Waals surface area contributed by atoms with E-state index in [1.54, 1.807) is 6.07 Å². The second-order valence-electron chi connectivity index (χ2n) is 4.72. The van der Waals surface area contributed by atoms with Gasteiger partial charge in [0, 0.05) is 12.6 Å². The topological polar surface area (TPSA) is 46.9 Å². The van der Waals surface area contributed by atoms with Crippen molar-refractivity contribution in [3.63, 3.8) is 0 Å². The molecule has 0 aliphatic heterocycles. The van der Waals surface area contributed by atoms with Crippen LogP contribution in [-0.2, 0) is 6.42 Å². The Morgan fingerprint density at radius 1 is 1.19 bits per heavy atom. The van der Waals surface area contributed by atoms with Crippen molar-refractivity contribution in [3.8, 4) is 0 Å². The van der Waals surface area contributed by atoms with Gasteiger partial charge in [0.2, 0.25) is 0 Å². The van der Waals surface area contributed by atoms with Crippen molar-refractivity contribution in [2.45, 2.75) is 6.42 Å². The van der Waals surface area contributed by atoms with E-state index in [-0.39, 0.29) is 11.8 Å². The van der Waals surface area contributed by atoms with Crippen molar-refractivity contribution in [2.24, 2.45) is 0 Å². The first-order valence-corrected chi connectivity index (χ1v) is 6.69. The Morgan fingerprint density at radius 2 is 2.00 bits per heavy atom. The van der Waals surface area contributed by atoms with E-state index in [4.69, 9.17) is 0 Å². The lowest BCUT2D eigenvalue weighted by atomic mass is 10.1. The van der Waals surface area contributed by atoms with Gasteiger partial charge in [0.05, 0.1) is 11.0 Å². The Bertz CT molecular complexity index is 768. The molecule has 1 amide bonds. The molecule has 1 heterocycles. The largest absolute Gasteiger partial charge is 0.337 e. The number of benzene rings is 2. The first-order chi connectivity index (χ1) is 10.2. The molecule has 1 aromatic heterocycles. The number of carbonyl (C=O) groups is 1. The van der Waals surface area contributed by atoms with Gasteiger partial charge in [-0.15, -0.1) is 0 Å². The summed E-state index contributed by atoms with van der Waals surface area (Å²) in [7, 11) is 0. The minimum atomic E-state index is -0.388. The maximum atomic E-state index is 13.3. The van der Waals surface area contributed by atoms with Gasteiger partial charge in [-0.2, -0.15) is 0 Å². The molecule has 0 radical (unpaired) electrons. The second kappa shape index (κ2) is 5.75. The second-order valence-corrected chi connectivity index (χ2v) is 4.72. The molecule has 0 spiro atoms. The highest BCUT2D eigenvalue weighted by Gasteiger charge is 2.10. The summed E-state index contributed by atoms with van der Waals surface area (Å²) in [6, 6.07) is 13.8.